The number of allylic oxidation sites excluding steroid dienone is 1. The van der Waals surface area contributed by atoms with Gasteiger partial charge in [-0.15, -0.1) is 0 Å². The molecule has 1 N–H and O–H groups in total. The summed E-state index contributed by atoms with van der Waals surface area (Å²) in [5.74, 6) is 0.769. The highest BCUT2D eigenvalue weighted by Gasteiger charge is 2.27. The molecule has 0 amide bonds. The molecule has 1 aliphatic rings. The molecule has 202 valence electrons. The molecule has 0 unspecified atom stereocenters. The Balaban J connectivity index is 1.46. The number of carboxylic acid groups (broad SMARTS) is 1. The van der Waals surface area contributed by atoms with E-state index in [1.807, 2.05) is 18.5 Å². The topological polar surface area (TPSA) is 63.1 Å². The van der Waals surface area contributed by atoms with Crippen molar-refractivity contribution in [2.75, 3.05) is 0 Å². The second kappa shape index (κ2) is 16.4. The van der Waals surface area contributed by atoms with Gasteiger partial charge in [-0.1, -0.05) is 95.6 Å². The Morgan fingerprint density at radius 3 is 2.05 bits per heavy atom. The Bertz CT molecular complexity index is 941. The van der Waals surface area contributed by atoms with Gasteiger partial charge in [0.1, 0.15) is 0 Å². The number of aromatic nitrogens is 2. The number of benzene rings is 1. The van der Waals surface area contributed by atoms with Crippen LogP contribution >= 0.6 is 0 Å². The molecule has 3 rings (SSSR count). The minimum absolute atomic E-state index is 0.196. The van der Waals surface area contributed by atoms with Crippen molar-refractivity contribution in [1.82, 2.24) is 9.97 Å². The summed E-state index contributed by atoms with van der Waals surface area (Å²) >= 11 is 0. The summed E-state index contributed by atoms with van der Waals surface area (Å²) in [4.78, 5) is 21.2. The molecule has 0 spiro atoms. The van der Waals surface area contributed by atoms with Crippen molar-refractivity contribution in [3.05, 3.63) is 59.4 Å². The smallest absolute Gasteiger partial charge is 0.331 e. The zero-order valence-corrected chi connectivity index (χ0v) is 23.3. The minimum atomic E-state index is -0.716. The normalized spacial score (nSPS) is 18.2. The number of rotatable bonds is 16. The molecule has 37 heavy (non-hydrogen) atoms. The van der Waals surface area contributed by atoms with Crippen molar-refractivity contribution < 1.29 is 9.90 Å². The predicted molar refractivity (Wildman–Crippen MR) is 154 cm³/mol. The van der Waals surface area contributed by atoms with Gasteiger partial charge in [-0.05, 0) is 74.3 Å². The number of hydrogen-bond acceptors (Lipinski definition) is 3. The molecule has 1 aromatic heterocycles. The lowest BCUT2D eigenvalue weighted by atomic mass is 9.75. The summed E-state index contributed by atoms with van der Waals surface area (Å²) in [5.41, 5.74) is 4.28. The van der Waals surface area contributed by atoms with E-state index < -0.39 is 5.97 Å². The second-order valence-electron chi connectivity index (χ2n) is 10.9. The Hall–Kier alpha value is -2.49. The third kappa shape index (κ3) is 9.72. The molecule has 4 heteroatoms. The Morgan fingerprint density at radius 1 is 0.838 bits per heavy atom. The van der Waals surface area contributed by atoms with E-state index in [1.54, 1.807) is 0 Å². The molecular formula is C33H48N2O2. The third-order valence-corrected chi connectivity index (χ3v) is 8.00. The molecule has 1 saturated carbocycles. The molecule has 1 fully saturated rings. The molecule has 0 aliphatic heterocycles. The van der Waals surface area contributed by atoms with Crippen molar-refractivity contribution in [3.8, 4) is 11.4 Å². The van der Waals surface area contributed by atoms with Crippen LogP contribution in [0.3, 0.4) is 0 Å². The van der Waals surface area contributed by atoms with E-state index in [-0.39, 0.29) is 5.92 Å². The van der Waals surface area contributed by atoms with Crippen LogP contribution in [0.4, 0.5) is 0 Å². The Labute approximate surface area is 225 Å². The average Bonchev–Trinajstić information content (AvgIpc) is 2.93. The molecule has 1 heterocycles. The number of unbranched alkanes of at least 4 members (excludes halogenated alkanes) is 9. The maximum absolute atomic E-state index is 12.0. The van der Waals surface area contributed by atoms with Crippen molar-refractivity contribution >= 4 is 5.97 Å². The summed E-state index contributed by atoms with van der Waals surface area (Å²) in [7, 11) is 0. The van der Waals surface area contributed by atoms with Gasteiger partial charge in [0.15, 0.2) is 5.82 Å². The first-order chi connectivity index (χ1) is 18.1. The SMILES string of the molecule is CCCCCCCCCC=C(C(=O)O)[C@H]1CC[C@H](c2ccc(-c3ncc(CCCCC)cn3)cc2)CC1. The maximum atomic E-state index is 12.0. The number of nitrogens with zero attached hydrogens (tertiary/aromatic N) is 2. The van der Waals surface area contributed by atoms with Gasteiger partial charge in [-0.2, -0.15) is 0 Å². The van der Waals surface area contributed by atoms with Crippen LogP contribution in [0.2, 0.25) is 0 Å². The maximum Gasteiger partial charge on any atom is 0.331 e. The van der Waals surface area contributed by atoms with Crippen LogP contribution in [0.25, 0.3) is 11.4 Å². The van der Waals surface area contributed by atoms with Crippen molar-refractivity contribution in [1.29, 1.82) is 0 Å². The van der Waals surface area contributed by atoms with E-state index in [4.69, 9.17) is 0 Å². The number of carbonyl (C=O) groups is 1. The molecular weight excluding hydrogens is 456 g/mol. The van der Waals surface area contributed by atoms with E-state index in [2.05, 4.69) is 48.1 Å². The molecule has 2 aromatic rings. The Morgan fingerprint density at radius 2 is 1.43 bits per heavy atom. The highest BCUT2D eigenvalue weighted by molar-refractivity contribution is 5.87. The number of aliphatic carboxylic acids is 1. The zero-order chi connectivity index (χ0) is 26.3. The number of aryl methyl sites for hydroxylation is 1. The standard InChI is InChI=1S/C33H48N2O2/c1-3-5-7-8-9-10-11-13-15-31(33(36)37)29-20-16-27(17-21-29)28-18-22-30(23-19-28)32-34-24-26(25-35-32)14-12-6-4-2/h15,18-19,22-25,27,29H,3-14,16-17,20-21H2,1-2H3,(H,36,37)/t27-,29-. The molecule has 0 saturated heterocycles. The van der Waals surface area contributed by atoms with Gasteiger partial charge in [0, 0.05) is 23.5 Å². The van der Waals surface area contributed by atoms with Crippen LogP contribution in [0.15, 0.2) is 48.3 Å². The zero-order valence-electron chi connectivity index (χ0n) is 23.3. The highest BCUT2D eigenvalue weighted by atomic mass is 16.4. The quantitative estimate of drug-likeness (QED) is 0.183. The monoisotopic (exact) mass is 504 g/mol. The first-order valence-corrected chi connectivity index (χ1v) is 15.0. The fourth-order valence-corrected chi connectivity index (χ4v) is 5.64. The van der Waals surface area contributed by atoms with Crippen molar-refractivity contribution in [2.24, 2.45) is 5.92 Å². The predicted octanol–water partition coefficient (Wildman–Crippen LogP) is 9.30. The summed E-state index contributed by atoms with van der Waals surface area (Å²) in [6, 6.07) is 8.71. The second-order valence-corrected chi connectivity index (χ2v) is 10.9. The summed E-state index contributed by atoms with van der Waals surface area (Å²) in [5, 5.41) is 9.84. The van der Waals surface area contributed by atoms with Crippen molar-refractivity contribution in [2.45, 2.75) is 122 Å². The highest BCUT2D eigenvalue weighted by Crippen LogP contribution is 2.39. The molecule has 0 radical (unpaired) electrons. The molecule has 0 atom stereocenters. The van der Waals surface area contributed by atoms with Gasteiger partial charge >= 0.3 is 5.97 Å². The lowest BCUT2D eigenvalue weighted by molar-refractivity contribution is -0.133. The number of carboxylic acids is 1. The largest absolute Gasteiger partial charge is 0.478 e. The van der Waals surface area contributed by atoms with E-state index in [0.717, 1.165) is 56.3 Å². The van der Waals surface area contributed by atoms with E-state index >= 15 is 0 Å². The van der Waals surface area contributed by atoms with E-state index in [9.17, 15) is 9.90 Å². The summed E-state index contributed by atoms with van der Waals surface area (Å²) in [6.45, 7) is 4.46. The van der Waals surface area contributed by atoms with Crippen LogP contribution in [-0.4, -0.2) is 21.0 Å². The van der Waals surface area contributed by atoms with E-state index in [1.165, 1.54) is 68.9 Å². The first-order valence-electron chi connectivity index (χ1n) is 15.0. The fourth-order valence-electron chi connectivity index (χ4n) is 5.64. The van der Waals surface area contributed by atoms with Gasteiger partial charge in [0.05, 0.1) is 0 Å². The van der Waals surface area contributed by atoms with Crippen LogP contribution in [-0.2, 0) is 11.2 Å². The van der Waals surface area contributed by atoms with Crippen LogP contribution in [0.5, 0.6) is 0 Å². The van der Waals surface area contributed by atoms with Gasteiger partial charge < -0.3 is 5.11 Å². The fraction of sp³-hybridized carbons (Fsp3) is 0.606. The number of hydrogen-bond donors (Lipinski definition) is 1. The minimum Gasteiger partial charge on any atom is -0.478 e. The van der Waals surface area contributed by atoms with Gasteiger partial charge in [0.2, 0.25) is 0 Å². The molecule has 1 aromatic carbocycles. The lowest BCUT2D eigenvalue weighted by Gasteiger charge is -2.29. The van der Waals surface area contributed by atoms with Gasteiger partial charge in [-0.25, -0.2) is 14.8 Å². The lowest BCUT2D eigenvalue weighted by Crippen LogP contribution is -2.19. The van der Waals surface area contributed by atoms with Crippen LogP contribution in [0.1, 0.15) is 127 Å². The van der Waals surface area contributed by atoms with Crippen LogP contribution < -0.4 is 0 Å². The van der Waals surface area contributed by atoms with Gasteiger partial charge in [0.25, 0.3) is 0 Å². The van der Waals surface area contributed by atoms with Crippen molar-refractivity contribution in [3.63, 3.8) is 0 Å². The van der Waals surface area contributed by atoms with E-state index in [0.29, 0.717) is 11.5 Å². The average molecular weight is 505 g/mol. The van der Waals surface area contributed by atoms with Crippen LogP contribution in [0, 0.1) is 5.92 Å². The first kappa shape index (κ1) is 29.1. The Kier molecular flexibility index (Phi) is 12.9. The molecule has 0 bridgehead atoms. The summed E-state index contributed by atoms with van der Waals surface area (Å²) < 4.78 is 0. The third-order valence-electron chi connectivity index (χ3n) is 8.00. The van der Waals surface area contributed by atoms with Gasteiger partial charge in [-0.3, -0.25) is 0 Å². The summed E-state index contributed by atoms with van der Waals surface area (Å²) in [6.07, 6.45) is 24.5. The molecule has 4 nitrogen and oxygen atoms in total. The molecule has 1 aliphatic carbocycles.